The van der Waals surface area contributed by atoms with Crippen LogP contribution in [0.3, 0.4) is 0 Å². The Morgan fingerprint density at radius 1 is 1.00 bits per heavy atom. The number of carboxylic acid groups (broad SMARTS) is 1. The summed E-state index contributed by atoms with van der Waals surface area (Å²) in [7, 11) is -4.90. The average molecular weight is 468 g/mol. The molecule has 1 heterocycles. The van der Waals surface area contributed by atoms with Gasteiger partial charge in [-0.15, -0.1) is 5.75 Å². The number of carbonyl (C=O) groups excluding carboxylic acids is 2. The molecule has 2 aliphatic rings. The maximum Gasteiger partial charge on any atom is 0.470 e. The van der Waals surface area contributed by atoms with E-state index in [1.54, 1.807) is 0 Å². The van der Waals surface area contributed by atoms with E-state index in [-0.39, 0.29) is 33.6 Å². The van der Waals surface area contributed by atoms with E-state index in [1.807, 2.05) is 0 Å². The second-order valence-electron chi connectivity index (χ2n) is 7.03. The van der Waals surface area contributed by atoms with Crippen molar-refractivity contribution in [3.8, 4) is 28.2 Å². The van der Waals surface area contributed by atoms with Gasteiger partial charge < -0.3 is 29.2 Å². The van der Waals surface area contributed by atoms with Crippen LogP contribution in [0.15, 0.2) is 63.8 Å². The van der Waals surface area contributed by atoms with E-state index in [4.69, 9.17) is 14.2 Å². The predicted molar refractivity (Wildman–Crippen MR) is 111 cm³/mol. The summed E-state index contributed by atoms with van der Waals surface area (Å²) in [5, 5.41) is 24.2. The lowest BCUT2D eigenvalue weighted by Gasteiger charge is -2.19. The maximum absolute atomic E-state index is 12.2. The van der Waals surface area contributed by atoms with Gasteiger partial charge in [-0.05, 0) is 29.8 Å². The van der Waals surface area contributed by atoms with Crippen molar-refractivity contribution in [1.82, 2.24) is 0 Å². The highest BCUT2D eigenvalue weighted by molar-refractivity contribution is 7.46. The Hall–Kier alpha value is -3.82. The molecule has 1 aliphatic heterocycles. The molecule has 0 spiro atoms. The summed E-state index contributed by atoms with van der Waals surface area (Å²) in [6.07, 6.45) is 0. The highest BCUT2D eigenvalue weighted by Crippen LogP contribution is 2.42. The Bertz CT molecular complexity index is 1500. The van der Waals surface area contributed by atoms with Crippen molar-refractivity contribution in [2.45, 2.75) is 0 Å². The van der Waals surface area contributed by atoms with Gasteiger partial charge in [0.15, 0.2) is 11.2 Å². The predicted octanol–water partition coefficient (Wildman–Crippen LogP) is 1.29. The Morgan fingerprint density at radius 3 is 2.42 bits per heavy atom. The van der Waals surface area contributed by atoms with Gasteiger partial charge in [0.25, 0.3) is 0 Å². The monoisotopic (exact) mass is 468 g/mol. The number of phosphoric acid groups is 1. The number of carboxylic acids is 1. The summed E-state index contributed by atoms with van der Waals surface area (Å²) in [5.74, 6) is -2.73. The molecule has 0 bridgehead atoms. The van der Waals surface area contributed by atoms with Crippen LogP contribution in [0, 0.1) is 0 Å². The topological polar surface area (TPSA) is 177 Å². The molecule has 0 fully saturated rings. The molecule has 2 N–H and O–H groups in total. The van der Waals surface area contributed by atoms with Crippen LogP contribution in [-0.2, 0) is 9.09 Å². The van der Waals surface area contributed by atoms with Crippen molar-refractivity contribution >= 4 is 30.5 Å². The van der Waals surface area contributed by atoms with Crippen LogP contribution in [0.1, 0.15) is 20.7 Å². The number of fused-ring (bicyclic) bond motifs is 2. The second kappa shape index (κ2) is 8.27. The van der Waals surface area contributed by atoms with E-state index in [0.717, 1.165) is 6.07 Å². The molecule has 0 radical (unpaired) electrons. The molecule has 2 aromatic carbocycles. The van der Waals surface area contributed by atoms with E-state index in [2.05, 4.69) is 4.52 Å². The molecule has 11 heteroatoms. The number of hydrogen-bond acceptors (Lipinski definition) is 8. The van der Waals surface area contributed by atoms with Crippen LogP contribution >= 0.6 is 7.82 Å². The molecule has 1 aliphatic carbocycles. The third-order valence-electron chi connectivity index (χ3n) is 4.86. The van der Waals surface area contributed by atoms with E-state index in [0.29, 0.717) is 16.5 Å². The van der Waals surface area contributed by atoms with Crippen LogP contribution < -0.4 is 15.6 Å². The van der Waals surface area contributed by atoms with Crippen molar-refractivity contribution in [2.75, 3.05) is 6.61 Å². The Morgan fingerprint density at radius 2 is 1.73 bits per heavy atom. The van der Waals surface area contributed by atoms with Gasteiger partial charge in [-0.1, -0.05) is 24.3 Å². The fourth-order valence-electron chi connectivity index (χ4n) is 3.47. The van der Waals surface area contributed by atoms with Crippen molar-refractivity contribution in [3.05, 3.63) is 75.9 Å². The van der Waals surface area contributed by atoms with Crippen LogP contribution in [0.2, 0.25) is 0 Å². The van der Waals surface area contributed by atoms with Gasteiger partial charge >= 0.3 is 7.82 Å². The first-order valence-corrected chi connectivity index (χ1v) is 10.8. The van der Waals surface area contributed by atoms with Crippen molar-refractivity contribution < 1.29 is 43.1 Å². The number of benzene rings is 3. The largest absolute Gasteiger partial charge is 0.872 e. The number of hydrogen-bond donors (Lipinski definition) is 2. The average Bonchev–Trinajstić information content (AvgIpc) is 2.74. The molecule has 0 atom stereocenters. The Balaban J connectivity index is 1.95. The summed E-state index contributed by atoms with van der Waals surface area (Å²) >= 11 is 0. The molecule has 4 rings (SSSR count). The van der Waals surface area contributed by atoms with Crippen LogP contribution in [0.25, 0.3) is 33.4 Å². The quantitative estimate of drug-likeness (QED) is 0.238. The lowest BCUT2D eigenvalue weighted by molar-refractivity contribution is -0.268. The number of carbonyl (C=O) groups is 2. The minimum absolute atomic E-state index is 0.116. The first-order chi connectivity index (χ1) is 15.5. The zero-order valence-electron chi connectivity index (χ0n) is 16.5. The standard InChI is InChI=1S/C22H15O10P/c23-12-2-5-15-19(8-12)32-20-9-13(24)3-6-16(20)21(15)14-4-1-11(7-17(14)22(26)27)18(25)10-31-33(28,29)30/h1-9,23H,10H2,(H,26,27)(H2,28,29,30)/p-2. The van der Waals surface area contributed by atoms with Crippen molar-refractivity contribution in [1.29, 1.82) is 0 Å². The fourth-order valence-corrected chi connectivity index (χ4v) is 3.76. The Labute approximate surface area is 184 Å². The SMILES string of the molecule is O=C(COP(=O)(O)O)c1ccc(-c2c3ccc(=O)cc-3oc3cc([O-])ccc23)c(C(=O)[O-])c1. The van der Waals surface area contributed by atoms with Crippen molar-refractivity contribution in [3.63, 3.8) is 0 Å². The molecular formula is C22H13O10P-2. The van der Waals surface area contributed by atoms with Gasteiger partial charge in [-0.2, -0.15) is 0 Å². The van der Waals surface area contributed by atoms with Gasteiger partial charge in [-0.3, -0.25) is 14.1 Å². The molecule has 0 unspecified atom stereocenters. The number of ketones is 1. The summed E-state index contributed by atoms with van der Waals surface area (Å²) in [4.78, 5) is 53.6. The van der Waals surface area contributed by atoms with E-state index in [9.17, 15) is 29.2 Å². The molecule has 0 amide bonds. The molecule has 2 aromatic rings. The van der Waals surface area contributed by atoms with Crippen LogP contribution in [0.4, 0.5) is 0 Å². The zero-order valence-corrected chi connectivity index (χ0v) is 17.4. The lowest BCUT2D eigenvalue weighted by Crippen LogP contribution is -2.24. The van der Waals surface area contributed by atoms with E-state index < -0.39 is 31.7 Å². The molecule has 0 saturated heterocycles. The lowest BCUT2D eigenvalue weighted by atomic mass is 9.89. The summed E-state index contributed by atoms with van der Waals surface area (Å²) in [6.45, 7) is -0.968. The third-order valence-corrected chi connectivity index (χ3v) is 5.32. The smallest absolute Gasteiger partial charge is 0.470 e. The number of aromatic carboxylic acids is 1. The fraction of sp³-hybridized carbons (Fsp3) is 0.0455. The first-order valence-electron chi connectivity index (χ1n) is 9.30. The molecule has 33 heavy (non-hydrogen) atoms. The normalized spacial score (nSPS) is 11.7. The third kappa shape index (κ3) is 4.55. The number of Topliss-reactive ketones (excluding diaryl/α,β-unsaturated/α-hetero) is 1. The molecule has 10 nitrogen and oxygen atoms in total. The first kappa shape index (κ1) is 22.4. The highest BCUT2D eigenvalue weighted by Gasteiger charge is 2.22. The van der Waals surface area contributed by atoms with Gasteiger partial charge in [0.1, 0.15) is 18.0 Å². The second-order valence-corrected chi connectivity index (χ2v) is 8.27. The summed E-state index contributed by atoms with van der Waals surface area (Å²) < 4.78 is 20.7. The van der Waals surface area contributed by atoms with Gasteiger partial charge in [0.2, 0.25) is 0 Å². The van der Waals surface area contributed by atoms with Gasteiger partial charge in [0, 0.05) is 33.7 Å². The molecular weight excluding hydrogens is 455 g/mol. The molecule has 0 saturated carbocycles. The molecule has 168 valence electrons. The number of phosphoric ester groups is 1. The summed E-state index contributed by atoms with van der Waals surface area (Å²) in [5.41, 5.74) is 0.0113. The minimum atomic E-state index is -4.90. The van der Waals surface area contributed by atoms with E-state index in [1.165, 1.54) is 48.5 Å². The Kier molecular flexibility index (Phi) is 5.61. The van der Waals surface area contributed by atoms with Gasteiger partial charge in [0.05, 0.1) is 5.97 Å². The number of rotatable bonds is 6. The maximum atomic E-state index is 12.2. The van der Waals surface area contributed by atoms with Crippen LogP contribution in [0.5, 0.6) is 5.75 Å². The molecule has 0 aromatic heterocycles. The zero-order chi connectivity index (χ0) is 23.9. The summed E-state index contributed by atoms with van der Waals surface area (Å²) in [6, 6.07) is 11.4. The minimum Gasteiger partial charge on any atom is -0.872 e. The highest BCUT2D eigenvalue weighted by atomic mass is 31.2. The van der Waals surface area contributed by atoms with Crippen LogP contribution in [-0.4, -0.2) is 28.1 Å². The van der Waals surface area contributed by atoms with Crippen molar-refractivity contribution in [2.24, 2.45) is 0 Å². The van der Waals surface area contributed by atoms with Gasteiger partial charge in [-0.25, -0.2) is 4.57 Å². The van der Waals surface area contributed by atoms with E-state index >= 15 is 0 Å².